The van der Waals surface area contributed by atoms with Crippen molar-refractivity contribution >= 4 is 25.6 Å². The third-order valence-corrected chi connectivity index (χ3v) is 1.92. The summed E-state index contributed by atoms with van der Waals surface area (Å²) in [5.41, 5.74) is -1.000. The van der Waals surface area contributed by atoms with E-state index in [1.165, 1.54) is 0 Å². The van der Waals surface area contributed by atoms with E-state index in [9.17, 15) is 9.59 Å². The highest BCUT2D eigenvalue weighted by atomic mass is 16.6. The largest absolute Gasteiger partial charge is 0.570 e. The van der Waals surface area contributed by atoms with E-state index in [1.54, 1.807) is 20.8 Å². The van der Waals surface area contributed by atoms with Crippen molar-refractivity contribution in [3.63, 3.8) is 0 Å². The number of esters is 1. The van der Waals surface area contributed by atoms with Crippen LogP contribution in [0.15, 0.2) is 6.20 Å². The fourth-order valence-corrected chi connectivity index (χ4v) is 1.21. The van der Waals surface area contributed by atoms with Crippen LogP contribution in [0.25, 0.3) is 0 Å². The van der Waals surface area contributed by atoms with Gasteiger partial charge in [-0.25, -0.2) is 19.6 Å². The van der Waals surface area contributed by atoms with Crippen LogP contribution in [0.4, 0.5) is 10.6 Å². The standard InChI is InChI=1S/C11H15BN3O6/c1-11(2,3)20-10(17)15-8-7(9(16)19-4)14-6(5-13-8)21-12-18/h5,18H,1-4H3,(H,13,15,17). The molecule has 1 radical (unpaired) electrons. The molecule has 0 unspecified atom stereocenters. The molecule has 0 fully saturated rings. The molecular weight excluding hydrogens is 281 g/mol. The number of hydrogen-bond acceptors (Lipinski definition) is 8. The van der Waals surface area contributed by atoms with Gasteiger partial charge < -0.3 is 19.2 Å². The van der Waals surface area contributed by atoms with Crippen molar-refractivity contribution in [2.75, 3.05) is 12.4 Å². The Morgan fingerprint density at radius 2 is 2.05 bits per heavy atom. The van der Waals surface area contributed by atoms with E-state index in [0.29, 0.717) is 7.69 Å². The smallest absolute Gasteiger partial charge is 0.522 e. The van der Waals surface area contributed by atoms with Crippen LogP contribution in [0.1, 0.15) is 31.3 Å². The van der Waals surface area contributed by atoms with Gasteiger partial charge in [0, 0.05) is 0 Å². The van der Waals surface area contributed by atoms with Gasteiger partial charge in [0.15, 0.2) is 11.5 Å². The molecule has 9 nitrogen and oxygen atoms in total. The summed E-state index contributed by atoms with van der Waals surface area (Å²) in [6, 6.07) is 0. The van der Waals surface area contributed by atoms with E-state index < -0.39 is 17.7 Å². The number of carbonyl (C=O) groups is 2. The molecule has 0 aliphatic carbocycles. The Hall–Kier alpha value is -2.36. The third-order valence-electron chi connectivity index (χ3n) is 1.92. The number of methoxy groups -OCH3 is 1. The van der Waals surface area contributed by atoms with Gasteiger partial charge in [-0.1, -0.05) is 0 Å². The minimum absolute atomic E-state index is 0.146. The van der Waals surface area contributed by atoms with Crippen LogP contribution in [-0.2, 0) is 9.47 Å². The number of hydrogen-bond donors (Lipinski definition) is 2. The van der Waals surface area contributed by atoms with Crippen LogP contribution in [-0.4, -0.2) is 47.5 Å². The van der Waals surface area contributed by atoms with Crippen LogP contribution >= 0.6 is 0 Å². The number of rotatable bonds is 4. The zero-order valence-corrected chi connectivity index (χ0v) is 12.0. The highest BCUT2D eigenvalue weighted by Crippen LogP contribution is 2.17. The molecular formula is C11H15BN3O6. The number of amides is 1. The van der Waals surface area contributed by atoms with E-state index in [1.807, 2.05) is 0 Å². The molecule has 0 atom stereocenters. The maximum atomic E-state index is 11.7. The van der Waals surface area contributed by atoms with Gasteiger partial charge in [-0.3, -0.25) is 5.32 Å². The fraction of sp³-hybridized carbons (Fsp3) is 0.455. The van der Waals surface area contributed by atoms with Gasteiger partial charge in [0.1, 0.15) is 5.60 Å². The lowest BCUT2D eigenvalue weighted by Crippen LogP contribution is -2.28. The molecule has 0 aliphatic rings. The molecule has 0 aromatic carbocycles. The van der Waals surface area contributed by atoms with E-state index >= 15 is 0 Å². The van der Waals surface area contributed by atoms with Crippen molar-refractivity contribution < 1.29 is 28.7 Å². The van der Waals surface area contributed by atoms with Gasteiger partial charge >= 0.3 is 19.7 Å². The summed E-state index contributed by atoms with van der Waals surface area (Å²) in [7, 11) is 1.53. The monoisotopic (exact) mass is 296 g/mol. The number of nitrogens with zero attached hydrogens (tertiary/aromatic N) is 2. The van der Waals surface area contributed by atoms with Crippen LogP contribution in [0.3, 0.4) is 0 Å². The Balaban J connectivity index is 3.00. The summed E-state index contributed by atoms with van der Waals surface area (Å²) >= 11 is 0. The Labute approximate surface area is 121 Å². The maximum absolute atomic E-state index is 11.7. The molecule has 1 aromatic rings. The van der Waals surface area contributed by atoms with E-state index in [0.717, 1.165) is 13.3 Å². The summed E-state index contributed by atoms with van der Waals surface area (Å²) in [5.74, 6) is -1.13. The Morgan fingerprint density at radius 3 is 2.57 bits per heavy atom. The Morgan fingerprint density at radius 1 is 1.38 bits per heavy atom. The van der Waals surface area contributed by atoms with Gasteiger partial charge in [0.2, 0.25) is 5.88 Å². The average Bonchev–Trinajstić information content (AvgIpc) is 2.37. The SMILES string of the molecule is COC(=O)c1nc(O[B]O)cnc1NC(=O)OC(C)(C)C. The summed E-state index contributed by atoms with van der Waals surface area (Å²) in [4.78, 5) is 30.9. The lowest BCUT2D eigenvalue weighted by molar-refractivity contribution is 0.0594. The Bertz CT molecular complexity index is 531. The maximum Gasteiger partial charge on any atom is 0.570 e. The minimum Gasteiger partial charge on any atom is -0.522 e. The second-order valence-electron chi connectivity index (χ2n) is 4.75. The fourth-order valence-electron chi connectivity index (χ4n) is 1.21. The molecule has 10 heteroatoms. The number of anilines is 1. The van der Waals surface area contributed by atoms with Crippen LogP contribution < -0.4 is 9.97 Å². The van der Waals surface area contributed by atoms with Gasteiger partial charge in [-0.2, -0.15) is 0 Å². The summed E-state index contributed by atoms with van der Waals surface area (Å²) < 4.78 is 14.2. The summed E-state index contributed by atoms with van der Waals surface area (Å²) in [6.07, 6.45) is 0.302. The van der Waals surface area contributed by atoms with Crippen LogP contribution in [0.2, 0.25) is 0 Å². The first kappa shape index (κ1) is 16.7. The molecule has 0 saturated carbocycles. The van der Waals surface area contributed by atoms with E-state index in [2.05, 4.69) is 24.7 Å². The molecule has 2 N–H and O–H groups in total. The molecule has 1 heterocycles. The van der Waals surface area contributed by atoms with Crippen molar-refractivity contribution in [3.05, 3.63) is 11.9 Å². The number of ether oxygens (including phenoxy) is 2. The first-order chi connectivity index (χ1) is 9.76. The van der Waals surface area contributed by atoms with Crippen molar-refractivity contribution in [2.45, 2.75) is 26.4 Å². The molecule has 1 rings (SSSR count). The second-order valence-corrected chi connectivity index (χ2v) is 4.75. The van der Waals surface area contributed by atoms with Gasteiger partial charge in [-0.05, 0) is 20.8 Å². The molecule has 113 valence electrons. The van der Waals surface area contributed by atoms with Crippen molar-refractivity contribution in [3.8, 4) is 5.88 Å². The van der Waals surface area contributed by atoms with Crippen LogP contribution in [0, 0.1) is 0 Å². The van der Waals surface area contributed by atoms with Crippen molar-refractivity contribution in [1.82, 2.24) is 9.97 Å². The van der Waals surface area contributed by atoms with Crippen molar-refractivity contribution in [2.24, 2.45) is 0 Å². The predicted molar refractivity (Wildman–Crippen MR) is 71.8 cm³/mol. The quantitative estimate of drug-likeness (QED) is 0.609. The normalized spacial score (nSPS) is 10.5. The highest BCUT2D eigenvalue weighted by molar-refractivity contribution is 6.17. The first-order valence-electron chi connectivity index (χ1n) is 5.84. The molecule has 0 spiro atoms. The average molecular weight is 296 g/mol. The minimum atomic E-state index is -0.836. The number of aromatic nitrogens is 2. The molecule has 21 heavy (non-hydrogen) atoms. The summed E-state index contributed by atoms with van der Waals surface area (Å²) in [5, 5.41) is 10.8. The van der Waals surface area contributed by atoms with Gasteiger partial charge in [-0.15, -0.1) is 0 Å². The molecule has 0 bridgehead atoms. The topological polar surface area (TPSA) is 120 Å². The van der Waals surface area contributed by atoms with Gasteiger partial charge in [0.25, 0.3) is 0 Å². The zero-order chi connectivity index (χ0) is 16.0. The Kier molecular flexibility index (Phi) is 5.48. The van der Waals surface area contributed by atoms with Crippen LogP contribution in [0.5, 0.6) is 5.88 Å². The third kappa shape index (κ3) is 5.26. The lowest BCUT2D eigenvalue weighted by atomic mass is 10.2. The molecule has 0 saturated heterocycles. The molecule has 0 aliphatic heterocycles. The highest BCUT2D eigenvalue weighted by Gasteiger charge is 2.22. The lowest BCUT2D eigenvalue weighted by Gasteiger charge is -2.19. The zero-order valence-electron chi connectivity index (χ0n) is 12.0. The molecule has 1 aromatic heterocycles. The van der Waals surface area contributed by atoms with Crippen molar-refractivity contribution in [1.29, 1.82) is 0 Å². The van der Waals surface area contributed by atoms with E-state index in [-0.39, 0.29) is 17.4 Å². The first-order valence-corrected chi connectivity index (χ1v) is 5.84. The second kappa shape index (κ2) is 6.89. The van der Waals surface area contributed by atoms with Gasteiger partial charge in [0.05, 0.1) is 13.3 Å². The molecule has 1 amide bonds. The number of carbonyl (C=O) groups excluding carboxylic acids is 2. The van der Waals surface area contributed by atoms with E-state index in [4.69, 9.17) is 9.76 Å². The summed E-state index contributed by atoms with van der Waals surface area (Å²) in [6.45, 7) is 5.06. The predicted octanol–water partition coefficient (Wildman–Crippen LogP) is 0.515. The number of nitrogens with one attached hydrogen (secondary N) is 1.